The summed E-state index contributed by atoms with van der Waals surface area (Å²) in [6.45, 7) is 2.62. The summed E-state index contributed by atoms with van der Waals surface area (Å²) in [5.41, 5.74) is 1.19. The molecule has 1 amide bonds. The van der Waals surface area contributed by atoms with Crippen molar-refractivity contribution in [3.63, 3.8) is 0 Å². The minimum atomic E-state index is -4.63. The van der Waals surface area contributed by atoms with E-state index in [0.717, 1.165) is 25.0 Å². The van der Waals surface area contributed by atoms with Gasteiger partial charge >= 0.3 is 6.18 Å². The number of carbonyl (C=O) groups excluding carboxylic acids is 1. The first-order chi connectivity index (χ1) is 13.4. The first-order valence-corrected chi connectivity index (χ1v) is 8.67. The topological polar surface area (TPSA) is 59.9 Å². The number of hydrogen-bond acceptors (Lipinski definition) is 4. The molecule has 0 aromatic heterocycles. The third-order valence-electron chi connectivity index (χ3n) is 3.80. The number of unbranched alkanes of at least 4 members (excludes halogenated alkanes) is 1. The van der Waals surface area contributed by atoms with E-state index in [9.17, 15) is 18.0 Å². The zero-order chi connectivity index (χ0) is 20.6. The van der Waals surface area contributed by atoms with E-state index in [1.165, 1.54) is 25.5 Å². The summed E-state index contributed by atoms with van der Waals surface area (Å²) in [4.78, 5) is 12.1. The van der Waals surface area contributed by atoms with Crippen LogP contribution in [-0.2, 0) is 6.18 Å². The van der Waals surface area contributed by atoms with Gasteiger partial charge in [0.1, 0.15) is 0 Å². The van der Waals surface area contributed by atoms with E-state index in [-0.39, 0.29) is 0 Å². The van der Waals surface area contributed by atoms with Crippen LogP contribution in [0.2, 0.25) is 0 Å². The van der Waals surface area contributed by atoms with Crippen molar-refractivity contribution >= 4 is 12.1 Å². The molecule has 0 unspecified atom stereocenters. The first-order valence-electron chi connectivity index (χ1n) is 8.67. The molecule has 0 aliphatic rings. The van der Waals surface area contributed by atoms with Gasteiger partial charge in [0.2, 0.25) is 0 Å². The molecule has 2 rings (SSSR count). The summed E-state index contributed by atoms with van der Waals surface area (Å²) in [6, 6.07) is 9.58. The second-order valence-electron chi connectivity index (χ2n) is 5.85. The maximum Gasteiger partial charge on any atom is 0.417 e. The number of benzene rings is 2. The van der Waals surface area contributed by atoms with Gasteiger partial charge in [-0.3, -0.25) is 4.79 Å². The average Bonchev–Trinajstić information content (AvgIpc) is 2.68. The third kappa shape index (κ3) is 5.73. The summed E-state index contributed by atoms with van der Waals surface area (Å²) in [6.07, 6.45) is -1.40. The van der Waals surface area contributed by atoms with Gasteiger partial charge < -0.3 is 9.47 Å². The molecule has 0 saturated heterocycles. The molecule has 8 heteroatoms. The van der Waals surface area contributed by atoms with E-state index in [1.54, 1.807) is 18.2 Å². The predicted molar refractivity (Wildman–Crippen MR) is 99.9 cm³/mol. The van der Waals surface area contributed by atoms with Gasteiger partial charge in [0.25, 0.3) is 5.91 Å². The summed E-state index contributed by atoms with van der Waals surface area (Å²) in [5.74, 6) is 0.126. The molecule has 28 heavy (non-hydrogen) atoms. The highest BCUT2D eigenvalue weighted by Crippen LogP contribution is 2.31. The molecule has 0 aliphatic carbocycles. The van der Waals surface area contributed by atoms with Crippen LogP contribution < -0.4 is 14.9 Å². The van der Waals surface area contributed by atoms with Crippen LogP contribution in [0.3, 0.4) is 0 Å². The molecule has 0 bridgehead atoms. The summed E-state index contributed by atoms with van der Waals surface area (Å²) < 4.78 is 49.8. The number of nitrogens with zero attached hydrogens (tertiary/aromatic N) is 1. The van der Waals surface area contributed by atoms with E-state index in [2.05, 4.69) is 17.5 Å². The van der Waals surface area contributed by atoms with Crippen molar-refractivity contribution in [3.8, 4) is 11.5 Å². The lowest BCUT2D eigenvalue weighted by molar-refractivity contribution is -0.137. The molecule has 2 aromatic rings. The number of hydrazone groups is 1. The van der Waals surface area contributed by atoms with E-state index >= 15 is 0 Å². The molecule has 0 heterocycles. The van der Waals surface area contributed by atoms with Gasteiger partial charge in [-0.25, -0.2) is 5.43 Å². The Morgan fingerprint density at radius 2 is 1.93 bits per heavy atom. The molecule has 2 aromatic carbocycles. The predicted octanol–water partition coefficient (Wildman–Crippen LogP) is 4.66. The molecule has 0 fully saturated rings. The Labute approximate surface area is 161 Å². The number of methoxy groups -OCH3 is 1. The number of amides is 1. The van der Waals surface area contributed by atoms with Crippen molar-refractivity contribution in [2.75, 3.05) is 13.7 Å². The number of halogens is 3. The maximum atomic E-state index is 13.0. The van der Waals surface area contributed by atoms with Gasteiger partial charge in [0.15, 0.2) is 11.5 Å². The number of ether oxygens (including phenoxy) is 2. The number of carbonyl (C=O) groups is 1. The van der Waals surface area contributed by atoms with Gasteiger partial charge in [-0.2, -0.15) is 18.3 Å². The van der Waals surface area contributed by atoms with Crippen molar-refractivity contribution in [2.24, 2.45) is 5.10 Å². The number of rotatable bonds is 8. The fraction of sp³-hybridized carbons (Fsp3) is 0.300. The maximum absolute atomic E-state index is 13.0. The lowest BCUT2D eigenvalue weighted by Crippen LogP contribution is -2.22. The Morgan fingerprint density at radius 3 is 2.61 bits per heavy atom. The number of alkyl halides is 3. The molecule has 1 N–H and O–H groups in total. The number of nitrogens with one attached hydrogen (secondary N) is 1. The lowest BCUT2D eigenvalue weighted by atomic mass is 10.1. The largest absolute Gasteiger partial charge is 0.493 e. The van der Waals surface area contributed by atoms with Crippen LogP contribution >= 0.6 is 0 Å². The van der Waals surface area contributed by atoms with Crippen LogP contribution in [-0.4, -0.2) is 25.8 Å². The van der Waals surface area contributed by atoms with Crippen LogP contribution in [0.1, 0.15) is 41.3 Å². The summed E-state index contributed by atoms with van der Waals surface area (Å²) in [7, 11) is 1.50. The molecule has 0 radical (unpaired) electrons. The van der Waals surface area contributed by atoms with E-state index in [1.807, 2.05) is 0 Å². The van der Waals surface area contributed by atoms with Gasteiger partial charge in [-0.05, 0) is 42.3 Å². The van der Waals surface area contributed by atoms with Gasteiger partial charge in [-0.1, -0.05) is 25.5 Å². The van der Waals surface area contributed by atoms with E-state index < -0.39 is 23.2 Å². The quantitative estimate of drug-likeness (QED) is 0.403. The molecule has 0 saturated carbocycles. The minimum Gasteiger partial charge on any atom is -0.493 e. The highest BCUT2D eigenvalue weighted by molar-refractivity contribution is 5.96. The molecule has 0 aliphatic heterocycles. The second-order valence-corrected chi connectivity index (χ2v) is 5.85. The fourth-order valence-corrected chi connectivity index (χ4v) is 2.36. The Hall–Kier alpha value is -3.03. The fourth-order valence-electron chi connectivity index (χ4n) is 2.36. The SMILES string of the molecule is CCCCOc1ccc(/C=N/NC(=O)c2ccccc2C(F)(F)F)cc1OC. The second kappa shape index (κ2) is 9.77. The zero-order valence-corrected chi connectivity index (χ0v) is 15.5. The summed E-state index contributed by atoms with van der Waals surface area (Å²) >= 11 is 0. The monoisotopic (exact) mass is 394 g/mol. The van der Waals surface area contributed by atoms with E-state index in [4.69, 9.17) is 9.47 Å². The zero-order valence-electron chi connectivity index (χ0n) is 15.5. The molecule has 5 nitrogen and oxygen atoms in total. The van der Waals surface area contributed by atoms with Crippen LogP contribution in [0.15, 0.2) is 47.6 Å². The smallest absolute Gasteiger partial charge is 0.417 e. The Kier molecular flexibility index (Phi) is 7.43. The first kappa shape index (κ1) is 21.3. The van der Waals surface area contributed by atoms with Crippen LogP contribution in [0.4, 0.5) is 13.2 Å². The average molecular weight is 394 g/mol. The molecular weight excluding hydrogens is 373 g/mol. The highest BCUT2D eigenvalue weighted by Gasteiger charge is 2.34. The van der Waals surface area contributed by atoms with Gasteiger partial charge in [-0.15, -0.1) is 0 Å². The van der Waals surface area contributed by atoms with Crippen LogP contribution in [0.25, 0.3) is 0 Å². The Bertz CT molecular complexity index is 836. The van der Waals surface area contributed by atoms with Crippen LogP contribution in [0.5, 0.6) is 11.5 Å². The molecule has 0 atom stereocenters. The minimum absolute atomic E-state index is 0.494. The van der Waals surface area contributed by atoms with Gasteiger partial charge in [0.05, 0.1) is 31.1 Å². The standard InChI is InChI=1S/C20H21F3N2O3/c1-3-4-11-28-17-10-9-14(12-18(17)27-2)13-24-25-19(26)15-7-5-6-8-16(15)20(21,22)23/h5-10,12-13H,3-4,11H2,1-2H3,(H,25,26)/b24-13+. The van der Waals surface area contributed by atoms with Crippen LogP contribution in [0, 0.1) is 0 Å². The number of hydrogen-bond donors (Lipinski definition) is 1. The third-order valence-corrected chi connectivity index (χ3v) is 3.80. The molecule has 150 valence electrons. The van der Waals surface area contributed by atoms with Gasteiger partial charge in [0, 0.05) is 0 Å². The van der Waals surface area contributed by atoms with Crippen molar-refractivity contribution in [1.29, 1.82) is 0 Å². The van der Waals surface area contributed by atoms with Crippen molar-refractivity contribution in [3.05, 3.63) is 59.2 Å². The van der Waals surface area contributed by atoms with E-state index in [0.29, 0.717) is 23.7 Å². The molecular formula is C20H21F3N2O3. The molecule has 0 spiro atoms. The van der Waals surface area contributed by atoms with Crippen molar-refractivity contribution in [2.45, 2.75) is 25.9 Å². The highest BCUT2D eigenvalue weighted by atomic mass is 19.4. The summed E-state index contributed by atoms with van der Waals surface area (Å²) in [5, 5.41) is 3.73. The Balaban J connectivity index is 2.08. The lowest BCUT2D eigenvalue weighted by Gasteiger charge is -2.11. The van der Waals surface area contributed by atoms with Crippen molar-refractivity contribution < 1.29 is 27.4 Å². The van der Waals surface area contributed by atoms with Crippen molar-refractivity contribution in [1.82, 2.24) is 5.43 Å². The normalized spacial score (nSPS) is 11.5. The Morgan fingerprint density at radius 1 is 1.18 bits per heavy atom.